The Hall–Kier alpha value is -3.14. The molecule has 4 nitrogen and oxygen atoms in total. The van der Waals surface area contributed by atoms with Crippen LogP contribution in [0.15, 0.2) is 66.7 Å². The molecule has 136 valence electrons. The molecule has 27 heavy (non-hydrogen) atoms. The van der Waals surface area contributed by atoms with E-state index in [0.717, 1.165) is 40.5 Å². The van der Waals surface area contributed by atoms with Crippen molar-refractivity contribution < 1.29 is 0 Å². The second-order valence-electron chi connectivity index (χ2n) is 7.12. The lowest BCUT2D eigenvalue weighted by Crippen LogP contribution is -2.08. The molecule has 0 amide bonds. The van der Waals surface area contributed by atoms with Gasteiger partial charge in [0.1, 0.15) is 5.82 Å². The van der Waals surface area contributed by atoms with Gasteiger partial charge in [0.2, 0.25) is 0 Å². The molecule has 0 unspecified atom stereocenters. The zero-order valence-corrected chi connectivity index (χ0v) is 16.0. The van der Waals surface area contributed by atoms with Gasteiger partial charge in [-0.2, -0.15) is 9.61 Å². The van der Waals surface area contributed by atoms with Crippen molar-refractivity contribution in [1.82, 2.24) is 14.6 Å². The largest absolute Gasteiger partial charge is 0.366 e. The number of rotatable bonds is 5. The Kier molecular flexibility index (Phi) is 4.63. The van der Waals surface area contributed by atoms with Gasteiger partial charge in [0, 0.05) is 23.9 Å². The van der Waals surface area contributed by atoms with Crippen LogP contribution in [0, 0.1) is 6.92 Å². The number of hydrogen-bond acceptors (Lipinski definition) is 3. The van der Waals surface area contributed by atoms with Crippen LogP contribution in [0.4, 0.5) is 5.82 Å². The molecule has 0 saturated heterocycles. The quantitative estimate of drug-likeness (QED) is 0.518. The van der Waals surface area contributed by atoms with Crippen LogP contribution in [-0.4, -0.2) is 14.6 Å². The third-order valence-corrected chi connectivity index (χ3v) is 4.75. The van der Waals surface area contributed by atoms with Gasteiger partial charge in [0.25, 0.3) is 0 Å². The molecule has 0 atom stereocenters. The topological polar surface area (TPSA) is 42.2 Å². The lowest BCUT2D eigenvalue weighted by molar-refractivity contribution is 0.806. The summed E-state index contributed by atoms with van der Waals surface area (Å²) in [7, 11) is 0. The summed E-state index contributed by atoms with van der Waals surface area (Å²) in [6, 6.07) is 22.9. The predicted octanol–water partition coefficient (Wildman–Crippen LogP) is 5.44. The Morgan fingerprint density at radius 2 is 1.63 bits per heavy atom. The second-order valence-corrected chi connectivity index (χ2v) is 7.12. The number of benzene rings is 2. The molecule has 0 aliphatic rings. The number of hydrogen-bond donors (Lipinski definition) is 1. The van der Waals surface area contributed by atoms with Crippen LogP contribution in [0.3, 0.4) is 0 Å². The molecular formula is C23H24N4. The maximum absolute atomic E-state index is 4.95. The van der Waals surface area contributed by atoms with Crippen molar-refractivity contribution in [1.29, 1.82) is 0 Å². The van der Waals surface area contributed by atoms with Crippen LogP contribution in [0.25, 0.3) is 16.8 Å². The number of fused-ring (bicyclic) bond motifs is 1. The van der Waals surface area contributed by atoms with E-state index in [-0.39, 0.29) is 0 Å². The number of aryl methyl sites for hydroxylation is 1. The smallest absolute Gasteiger partial charge is 0.165 e. The SMILES string of the molecule is Cc1nn2c(NCc3ccccc3)cc(C(C)C)nc2c1-c1ccccc1. The summed E-state index contributed by atoms with van der Waals surface area (Å²) in [5, 5.41) is 8.35. The van der Waals surface area contributed by atoms with E-state index in [1.54, 1.807) is 0 Å². The Labute approximate surface area is 159 Å². The van der Waals surface area contributed by atoms with Crippen molar-refractivity contribution in [3.8, 4) is 11.1 Å². The summed E-state index contributed by atoms with van der Waals surface area (Å²) in [6.07, 6.45) is 0. The van der Waals surface area contributed by atoms with E-state index in [9.17, 15) is 0 Å². The molecule has 0 bridgehead atoms. The number of anilines is 1. The van der Waals surface area contributed by atoms with Gasteiger partial charge in [-0.3, -0.25) is 0 Å². The Morgan fingerprint density at radius 3 is 2.30 bits per heavy atom. The fraction of sp³-hybridized carbons (Fsp3) is 0.217. The van der Waals surface area contributed by atoms with E-state index in [4.69, 9.17) is 10.1 Å². The lowest BCUT2D eigenvalue weighted by atomic mass is 10.1. The Bertz CT molecular complexity index is 1050. The summed E-state index contributed by atoms with van der Waals surface area (Å²) in [4.78, 5) is 4.95. The van der Waals surface area contributed by atoms with Crippen LogP contribution >= 0.6 is 0 Å². The summed E-state index contributed by atoms with van der Waals surface area (Å²) in [5.41, 5.74) is 6.43. The number of nitrogens with one attached hydrogen (secondary N) is 1. The predicted molar refractivity (Wildman–Crippen MR) is 111 cm³/mol. The first-order chi connectivity index (χ1) is 13.1. The van der Waals surface area contributed by atoms with Crippen molar-refractivity contribution in [3.05, 3.63) is 83.7 Å². The molecule has 4 aromatic rings. The molecule has 0 aliphatic carbocycles. The number of aromatic nitrogens is 3. The van der Waals surface area contributed by atoms with Gasteiger partial charge in [-0.25, -0.2) is 4.98 Å². The third kappa shape index (κ3) is 3.43. The number of nitrogens with zero attached hydrogens (tertiary/aromatic N) is 3. The van der Waals surface area contributed by atoms with Crippen LogP contribution in [0.5, 0.6) is 0 Å². The van der Waals surface area contributed by atoms with E-state index < -0.39 is 0 Å². The third-order valence-electron chi connectivity index (χ3n) is 4.75. The van der Waals surface area contributed by atoms with Gasteiger partial charge >= 0.3 is 0 Å². The van der Waals surface area contributed by atoms with Crippen molar-refractivity contribution in [2.45, 2.75) is 33.2 Å². The highest BCUT2D eigenvalue weighted by molar-refractivity contribution is 5.81. The maximum atomic E-state index is 4.95. The minimum atomic E-state index is 0.339. The average Bonchev–Trinajstić information content (AvgIpc) is 3.03. The monoisotopic (exact) mass is 356 g/mol. The van der Waals surface area contributed by atoms with E-state index in [2.05, 4.69) is 73.8 Å². The highest BCUT2D eigenvalue weighted by atomic mass is 15.3. The molecular weight excluding hydrogens is 332 g/mol. The highest BCUT2D eigenvalue weighted by Crippen LogP contribution is 2.30. The lowest BCUT2D eigenvalue weighted by Gasteiger charge is -2.13. The Balaban J connectivity index is 1.83. The average molecular weight is 356 g/mol. The van der Waals surface area contributed by atoms with Gasteiger partial charge < -0.3 is 5.32 Å². The van der Waals surface area contributed by atoms with E-state index in [0.29, 0.717) is 5.92 Å². The van der Waals surface area contributed by atoms with E-state index >= 15 is 0 Å². The minimum Gasteiger partial charge on any atom is -0.366 e. The van der Waals surface area contributed by atoms with Crippen molar-refractivity contribution in [2.24, 2.45) is 0 Å². The van der Waals surface area contributed by atoms with Crippen LogP contribution in [0.2, 0.25) is 0 Å². The van der Waals surface area contributed by atoms with Gasteiger partial charge in [0.05, 0.1) is 5.69 Å². The molecule has 0 fully saturated rings. The van der Waals surface area contributed by atoms with E-state index in [1.165, 1.54) is 5.56 Å². The molecule has 0 radical (unpaired) electrons. The summed E-state index contributed by atoms with van der Waals surface area (Å²) >= 11 is 0. The zero-order chi connectivity index (χ0) is 18.8. The van der Waals surface area contributed by atoms with Gasteiger partial charge in [-0.15, -0.1) is 0 Å². The van der Waals surface area contributed by atoms with Gasteiger partial charge in [-0.1, -0.05) is 74.5 Å². The van der Waals surface area contributed by atoms with Crippen molar-refractivity contribution in [2.75, 3.05) is 5.32 Å². The second kappa shape index (κ2) is 7.23. The summed E-state index contributed by atoms with van der Waals surface area (Å²) in [5.74, 6) is 1.31. The van der Waals surface area contributed by atoms with Gasteiger partial charge in [0.15, 0.2) is 5.65 Å². The fourth-order valence-corrected chi connectivity index (χ4v) is 3.30. The summed E-state index contributed by atoms with van der Waals surface area (Å²) < 4.78 is 1.94. The van der Waals surface area contributed by atoms with Crippen molar-refractivity contribution in [3.63, 3.8) is 0 Å². The van der Waals surface area contributed by atoms with E-state index in [1.807, 2.05) is 23.6 Å². The highest BCUT2D eigenvalue weighted by Gasteiger charge is 2.17. The first-order valence-electron chi connectivity index (χ1n) is 9.37. The first-order valence-corrected chi connectivity index (χ1v) is 9.37. The van der Waals surface area contributed by atoms with Crippen molar-refractivity contribution >= 4 is 11.5 Å². The molecule has 4 rings (SSSR count). The molecule has 0 spiro atoms. The molecule has 0 saturated carbocycles. The maximum Gasteiger partial charge on any atom is 0.165 e. The molecule has 2 aromatic heterocycles. The normalized spacial score (nSPS) is 11.3. The molecule has 0 aliphatic heterocycles. The van der Waals surface area contributed by atoms with Crippen LogP contribution < -0.4 is 5.32 Å². The van der Waals surface area contributed by atoms with Gasteiger partial charge in [-0.05, 0) is 24.0 Å². The van der Waals surface area contributed by atoms with Crippen LogP contribution in [0.1, 0.15) is 36.7 Å². The Morgan fingerprint density at radius 1 is 0.963 bits per heavy atom. The fourth-order valence-electron chi connectivity index (χ4n) is 3.30. The standard InChI is InChI=1S/C23H24N4/c1-16(2)20-14-21(24-15-18-10-6-4-7-11-18)27-23(25-20)22(17(3)26-27)19-12-8-5-9-13-19/h4-14,16,24H,15H2,1-3H3. The summed E-state index contributed by atoms with van der Waals surface area (Å²) in [6.45, 7) is 7.14. The molecule has 2 aromatic carbocycles. The first kappa shape index (κ1) is 17.3. The van der Waals surface area contributed by atoms with Crippen LogP contribution in [-0.2, 0) is 6.54 Å². The zero-order valence-electron chi connectivity index (χ0n) is 16.0. The molecule has 2 heterocycles. The molecule has 1 N–H and O–H groups in total. The molecule has 4 heteroatoms. The minimum absolute atomic E-state index is 0.339.